The second-order valence-corrected chi connectivity index (χ2v) is 2.56. The van der Waals surface area contributed by atoms with Crippen LogP contribution in [0.15, 0.2) is 12.2 Å². The Balaban J connectivity index is 3.99. The van der Waals surface area contributed by atoms with E-state index in [0.29, 0.717) is 6.61 Å². The number of esters is 1. The van der Waals surface area contributed by atoms with Crippen LogP contribution in [0, 0.1) is 5.92 Å². The Hall–Kier alpha value is -0.830. The topological polar surface area (TPSA) is 46.5 Å². The van der Waals surface area contributed by atoms with E-state index in [1.54, 1.807) is 32.9 Å². The Morgan fingerprint density at radius 2 is 2.25 bits per heavy atom. The maximum Gasteiger partial charge on any atom is 0.311 e. The number of ether oxygens (including phenoxy) is 1. The van der Waals surface area contributed by atoms with Crippen LogP contribution in [0.5, 0.6) is 0 Å². The minimum Gasteiger partial charge on any atom is -0.466 e. The van der Waals surface area contributed by atoms with Crippen LogP contribution in [-0.2, 0) is 9.53 Å². The van der Waals surface area contributed by atoms with Gasteiger partial charge in [0.05, 0.1) is 18.6 Å². The second kappa shape index (κ2) is 5.77. The molecule has 0 heterocycles. The molecule has 0 saturated heterocycles. The summed E-state index contributed by atoms with van der Waals surface area (Å²) in [6.07, 6.45) is 2.54. The first-order valence-electron chi connectivity index (χ1n) is 4.11. The Morgan fingerprint density at radius 3 is 2.67 bits per heavy atom. The van der Waals surface area contributed by atoms with Gasteiger partial charge in [0.1, 0.15) is 0 Å². The van der Waals surface area contributed by atoms with E-state index < -0.39 is 12.0 Å². The lowest BCUT2D eigenvalue weighted by atomic mass is 10.1. The highest BCUT2D eigenvalue weighted by atomic mass is 16.5. The minimum absolute atomic E-state index is 0.353. The van der Waals surface area contributed by atoms with Gasteiger partial charge in [-0.3, -0.25) is 4.79 Å². The number of carbonyl (C=O) groups is 1. The molecular formula is C9H16O3. The maximum absolute atomic E-state index is 11.0. The van der Waals surface area contributed by atoms with Gasteiger partial charge in [0, 0.05) is 0 Å². The van der Waals surface area contributed by atoms with E-state index in [1.807, 2.05) is 0 Å². The van der Waals surface area contributed by atoms with Gasteiger partial charge in [-0.15, -0.1) is 0 Å². The number of allylic oxidation sites excluding steroid dienone is 1. The van der Waals surface area contributed by atoms with Gasteiger partial charge in [-0.05, 0) is 20.8 Å². The molecule has 3 nitrogen and oxygen atoms in total. The van der Waals surface area contributed by atoms with Crippen LogP contribution in [-0.4, -0.2) is 23.8 Å². The SMILES string of the molecule is CC=CC(O)C(C)C(=O)OCC. The van der Waals surface area contributed by atoms with Gasteiger partial charge >= 0.3 is 5.97 Å². The minimum atomic E-state index is -0.742. The fourth-order valence-corrected chi connectivity index (χ4v) is 0.777. The molecule has 0 fully saturated rings. The quantitative estimate of drug-likeness (QED) is 0.510. The molecule has 2 unspecified atom stereocenters. The molecule has 0 amide bonds. The molecule has 0 aromatic heterocycles. The molecule has 0 saturated carbocycles. The summed E-state index contributed by atoms with van der Waals surface area (Å²) in [5.41, 5.74) is 0. The number of aliphatic hydroxyl groups excluding tert-OH is 1. The van der Waals surface area contributed by atoms with Crippen molar-refractivity contribution >= 4 is 5.97 Å². The van der Waals surface area contributed by atoms with Gasteiger partial charge in [0.2, 0.25) is 0 Å². The van der Waals surface area contributed by atoms with E-state index in [1.165, 1.54) is 0 Å². The molecule has 0 bridgehead atoms. The normalized spacial score (nSPS) is 16.0. The number of aliphatic hydroxyl groups is 1. The molecule has 70 valence electrons. The zero-order valence-electron chi connectivity index (χ0n) is 7.78. The predicted octanol–water partition coefficient (Wildman–Crippen LogP) is 1.12. The largest absolute Gasteiger partial charge is 0.466 e. The van der Waals surface area contributed by atoms with Crippen LogP contribution in [0.3, 0.4) is 0 Å². The van der Waals surface area contributed by atoms with E-state index in [2.05, 4.69) is 0 Å². The molecule has 1 N–H and O–H groups in total. The van der Waals surface area contributed by atoms with E-state index in [4.69, 9.17) is 4.74 Å². The Labute approximate surface area is 73.0 Å². The average molecular weight is 172 g/mol. The lowest BCUT2D eigenvalue weighted by Gasteiger charge is -2.13. The number of hydrogen-bond donors (Lipinski definition) is 1. The second-order valence-electron chi connectivity index (χ2n) is 2.56. The van der Waals surface area contributed by atoms with Crippen LogP contribution >= 0.6 is 0 Å². The number of hydrogen-bond acceptors (Lipinski definition) is 3. The van der Waals surface area contributed by atoms with E-state index >= 15 is 0 Å². The van der Waals surface area contributed by atoms with Gasteiger partial charge in [0.15, 0.2) is 0 Å². The molecule has 0 aliphatic carbocycles. The summed E-state index contributed by atoms with van der Waals surface area (Å²) < 4.78 is 4.74. The van der Waals surface area contributed by atoms with Gasteiger partial charge in [-0.25, -0.2) is 0 Å². The van der Waals surface area contributed by atoms with E-state index in [9.17, 15) is 9.90 Å². The predicted molar refractivity (Wildman–Crippen MR) is 46.6 cm³/mol. The summed E-state index contributed by atoms with van der Waals surface area (Å²) in [5.74, 6) is -0.843. The first kappa shape index (κ1) is 11.2. The summed E-state index contributed by atoms with van der Waals surface area (Å²) in [4.78, 5) is 11.0. The lowest BCUT2D eigenvalue weighted by Crippen LogP contribution is -2.25. The van der Waals surface area contributed by atoms with Gasteiger partial charge in [0.25, 0.3) is 0 Å². The summed E-state index contributed by atoms with van der Waals surface area (Å²) in [6, 6.07) is 0. The summed E-state index contributed by atoms with van der Waals surface area (Å²) in [6.45, 7) is 5.53. The molecular weight excluding hydrogens is 156 g/mol. The third kappa shape index (κ3) is 3.53. The van der Waals surface area contributed by atoms with Crippen molar-refractivity contribution in [2.45, 2.75) is 26.9 Å². The molecule has 0 aliphatic rings. The summed E-state index contributed by atoms with van der Waals surface area (Å²) >= 11 is 0. The highest BCUT2D eigenvalue weighted by Crippen LogP contribution is 2.06. The fraction of sp³-hybridized carbons (Fsp3) is 0.667. The van der Waals surface area contributed by atoms with Crippen molar-refractivity contribution in [3.8, 4) is 0 Å². The van der Waals surface area contributed by atoms with Gasteiger partial charge < -0.3 is 9.84 Å². The Bertz CT molecular complexity index is 163. The highest BCUT2D eigenvalue weighted by Gasteiger charge is 2.20. The van der Waals surface area contributed by atoms with E-state index in [0.717, 1.165) is 0 Å². The first-order valence-corrected chi connectivity index (χ1v) is 4.11. The Morgan fingerprint density at radius 1 is 1.67 bits per heavy atom. The van der Waals surface area contributed by atoms with E-state index in [-0.39, 0.29) is 5.97 Å². The monoisotopic (exact) mass is 172 g/mol. The molecule has 0 spiro atoms. The third-order valence-electron chi connectivity index (χ3n) is 1.56. The zero-order chi connectivity index (χ0) is 9.56. The lowest BCUT2D eigenvalue weighted by molar-refractivity contribution is -0.150. The first-order chi connectivity index (χ1) is 5.63. The maximum atomic E-state index is 11.0. The van der Waals surface area contributed by atoms with Crippen LogP contribution in [0.4, 0.5) is 0 Å². The fourth-order valence-electron chi connectivity index (χ4n) is 0.777. The van der Waals surface area contributed by atoms with Crippen molar-refractivity contribution in [3.63, 3.8) is 0 Å². The van der Waals surface area contributed by atoms with Crippen molar-refractivity contribution in [1.82, 2.24) is 0 Å². The highest BCUT2D eigenvalue weighted by molar-refractivity contribution is 5.72. The third-order valence-corrected chi connectivity index (χ3v) is 1.56. The molecule has 0 aromatic carbocycles. The smallest absolute Gasteiger partial charge is 0.311 e. The molecule has 0 radical (unpaired) electrons. The van der Waals surface area contributed by atoms with Crippen molar-refractivity contribution in [2.24, 2.45) is 5.92 Å². The van der Waals surface area contributed by atoms with Crippen LogP contribution in [0.25, 0.3) is 0 Å². The van der Waals surface area contributed by atoms with Gasteiger partial charge in [-0.2, -0.15) is 0 Å². The van der Waals surface area contributed by atoms with Crippen molar-refractivity contribution in [3.05, 3.63) is 12.2 Å². The molecule has 0 aliphatic heterocycles. The van der Waals surface area contributed by atoms with Crippen LogP contribution < -0.4 is 0 Å². The molecule has 3 heteroatoms. The number of rotatable bonds is 4. The molecule has 0 rings (SSSR count). The zero-order valence-corrected chi connectivity index (χ0v) is 7.78. The Kier molecular flexibility index (Phi) is 5.37. The van der Waals surface area contributed by atoms with Crippen molar-refractivity contribution in [1.29, 1.82) is 0 Å². The molecule has 0 aromatic rings. The van der Waals surface area contributed by atoms with Crippen molar-refractivity contribution < 1.29 is 14.6 Å². The standard InChI is InChI=1S/C9H16O3/c1-4-6-8(10)7(3)9(11)12-5-2/h4,6-8,10H,5H2,1-3H3. The molecule has 12 heavy (non-hydrogen) atoms. The average Bonchev–Trinajstić information content (AvgIpc) is 2.04. The summed E-state index contributed by atoms with van der Waals surface area (Å²) in [7, 11) is 0. The van der Waals surface area contributed by atoms with Crippen molar-refractivity contribution in [2.75, 3.05) is 6.61 Å². The number of carbonyl (C=O) groups excluding carboxylic acids is 1. The van der Waals surface area contributed by atoms with Gasteiger partial charge in [-0.1, -0.05) is 12.2 Å². The van der Waals surface area contributed by atoms with Crippen LogP contribution in [0.1, 0.15) is 20.8 Å². The molecule has 2 atom stereocenters. The summed E-state index contributed by atoms with van der Waals surface area (Å²) in [5, 5.41) is 9.33. The van der Waals surface area contributed by atoms with Crippen LogP contribution in [0.2, 0.25) is 0 Å².